The van der Waals surface area contributed by atoms with Gasteiger partial charge in [-0.2, -0.15) is 0 Å². The molecule has 2 aromatic rings. The van der Waals surface area contributed by atoms with E-state index in [4.69, 9.17) is 14.2 Å². The predicted octanol–water partition coefficient (Wildman–Crippen LogP) is 1.97. The standard InChI is InChI=1S/C23H22N2O7/c26-20(16-6-7-18-19(12-16)31-14-30-18)24-10-8-23(9-11-24)25(17(13-32-23)22(28)29)21(27)15-4-2-1-3-5-15/h1-7,12,17H,8-11,13-14H2,(H,28,29). The Balaban J connectivity index is 1.35. The van der Waals surface area contributed by atoms with Crippen LogP contribution in [-0.4, -0.2) is 70.9 Å². The van der Waals surface area contributed by atoms with Crippen LogP contribution in [0.25, 0.3) is 0 Å². The van der Waals surface area contributed by atoms with E-state index in [-0.39, 0.29) is 25.2 Å². The topological polar surface area (TPSA) is 106 Å². The van der Waals surface area contributed by atoms with E-state index in [1.54, 1.807) is 53.4 Å². The monoisotopic (exact) mass is 438 g/mol. The van der Waals surface area contributed by atoms with Crippen LogP contribution < -0.4 is 9.47 Å². The molecule has 2 aromatic carbocycles. The molecule has 2 saturated heterocycles. The van der Waals surface area contributed by atoms with Crippen molar-refractivity contribution in [2.75, 3.05) is 26.5 Å². The quantitative estimate of drug-likeness (QED) is 0.781. The summed E-state index contributed by atoms with van der Waals surface area (Å²) >= 11 is 0. The molecular weight excluding hydrogens is 416 g/mol. The highest BCUT2D eigenvalue weighted by Gasteiger charge is 2.54. The summed E-state index contributed by atoms with van der Waals surface area (Å²) in [5.74, 6) is -0.511. The Hall–Kier alpha value is -3.59. The Morgan fingerprint density at radius 1 is 0.906 bits per heavy atom. The lowest BCUT2D eigenvalue weighted by Gasteiger charge is -2.44. The van der Waals surface area contributed by atoms with Crippen LogP contribution in [0.4, 0.5) is 0 Å². The van der Waals surface area contributed by atoms with Gasteiger partial charge in [-0.25, -0.2) is 4.79 Å². The van der Waals surface area contributed by atoms with E-state index in [0.29, 0.717) is 48.6 Å². The van der Waals surface area contributed by atoms with Crippen LogP contribution in [0.2, 0.25) is 0 Å². The van der Waals surface area contributed by atoms with Crippen LogP contribution in [0, 0.1) is 0 Å². The Kier molecular flexibility index (Phi) is 4.97. The first-order valence-electron chi connectivity index (χ1n) is 10.4. The molecule has 2 fully saturated rings. The number of ether oxygens (including phenoxy) is 3. The van der Waals surface area contributed by atoms with E-state index in [9.17, 15) is 19.5 Å². The number of carboxylic acids is 1. The molecule has 5 rings (SSSR count). The zero-order chi connectivity index (χ0) is 22.3. The van der Waals surface area contributed by atoms with Gasteiger partial charge >= 0.3 is 5.97 Å². The predicted molar refractivity (Wildman–Crippen MR) is 110 cm³/mol. The fourth-order valence-electron chi connectivity index (χ4n) is 4.55. The van der Waals surface area contributed by atoms with Gasteiger partial charge < -0.3 is 24.2 Å². The number of hydrogen-bond donors (Lipinski definition) is 1. The summed E-state index contributed by atoms with van der Waals surface area (Å²) in [5.41, 5.74) is -0.164. The molecular formula is C23H22N2O7. The molecule has 32 heavy (non-hydrogen) atoms. The number of carboxylic acid groups (broad SMARTS) is 1. The minimum Gasteiger partial charge on any atom is -0.480 e. The van der Waals surface area contributed by atoms with Crippen LogP contribution in [-0.2, 0) is 9.53 Å². The van der Waals surface area contributed by atoms with Gasteiger partial charge in [-0.1, -0.05) is 18.2 Å². The molecule has 3 aliphatic heterocycles. The third-order valence-electron chi connectivity index (χ3n) is 6.24. The van der Waals surface area contributed by atoms with Crippen molar-refractivity contribution in [1.82, 2.24) is 9.80 Å². The summed E-state index contributed by atoms with van der Waals surface area (Å²) in [7, 11) is 0. The minimum atomic E-state index is -1.11. The van der Waals surface area contributed by atoms with Crippen molar-refractivity contribution in [3.05, 3.63) is 59.7 Å². The summed E-state index contributed by atoms with van der Waals surface area (Å²) < 4.78 is 16.6. The molecule has 1 spiro atoms. The number of hydrogen-bond acceptors (Lipinski definition) is 6. The Bertz CT molecular complexity index is 1060. The maximum absolute atomic E-state index is 13.3. The lowest BCUT2D eigenvalue weighted by atomic mass is 9.96. The number of benzene rings is 2. The van der Waals surface area contributed by atoms with E-state index in [0.717, 1.165) is 0 Å². The summed E-state index contributed by atoms with van der Waals surface area (Å²) in [4.78, 5) is 41.2. The molecule has 166 valence electrons. The van der Waals surface area contributed by atoms with Gasteiger partial charge in [0.05, 0.1) is 6.61 Å². The van der Waals surface area contributed by atoms with Crippen molar-refractivity contribution in [1.29, 1.82) is 0 Å². The molecule has 0 aromatic heterocycles. The SMILES string of the molecule is O=C(O)C1COC2(CCN(C(=O)c3ccc4c(c3)OCO4)CC2)N1C(=O)c1ccccc1. The van der Waals surface area contributed by atoms with Crippen molar-refractivity contribution in [2.24, 2.45) is 0 Å². The summed E-state index contributed by atoms with van der Waals surface area (Å²) in [6.07, 6.45) is 0.650. The Morgan fingerprint density at radius 3 is 2.34 bits per heavy atom. The average molecular weight is 438 g/mol. The molecule has 1 atom stereocenters. The smallest absolute Gasteiger partial charge is 0.328 e. The van der Waals surface area contributed by atoms with E-state index < -0.39 is 17.7 Å². The van der Waals surface area contributed by atoms with Crippen LogP contribution in [0.3, 0.4) is 0 Å². The zero-order valence-electron chi connectivity index (χ0n) is 17.2. The second-order valence-electron chi connectivity index (χ2n) is 8.01. The van der Waals surface area contributed by atoms with Gasteiger partial charge in [0.25, 0.3) is 11.8 Å². The van der Waals surface area contributed by atoms with E-state index >= 15 is 0 Å². The highest BCUT2D eigenvalue weighted by molar-refractivity contribution is 5.98. The number of piperidine rings is 1. The van der Waals surface area contributed by atoms with Crippen LogP contribution in [0.1, 0.15) is 33.6 Å². The zero-order valence-corrected chi connectivity index (χ0v) is 17.2. The van der Waals surface area contributed by atoms with E-state index in [1.165, 1.54) is 4.90 Å². The van der Waals surface area contributed by atoms with Crippen molar-refractivity contribution in [3.63, 3.8) is 0 Å². The van der Waals surface area contributed by atoms with E-state index in [2.05, 4.69) is 0 Å². The maximum atomic E-state index is 13.3. The molecule has 9 nitrogen and oxygen atoms in total. The third kappa shape index (κ3) is 3.34. The Labute approximate surface area is 184 Å². The number of nitrogens with zero attached hydrogens (tertiary/aromatic N) is 2. The number of carbonyl (C=O) groups excluding carboxylic acids is 2. The third-order valence-corrected chi connectivity index (χ3v) is 6.24. The minimum absolute atomic E-state index is 0.0794. The number of carbonyl (C=O) groups is 3. The van der Waals surface area contributed by atoms with E-state index in [1.807, 2.05) is 0 Å². The van der Waals surface area contributed by atoms with Crippen molar-refractivity contribution in [2.45, 2.75) is 24.6 Å². The van der Waals surface area contributed by atoms with Gasteiger partial charge in [0.1, 0.15) is 5.72 Å². The average Bonchev–Trinajstić information content (AvgIpc) is 3.44. The van der Waals surface area contributed by atoms with Crippen LogP contribution in [0.5, 0.6) is 11.5 Å². The number of amides is 2. The highest BCUT2D eigenvalue weighted by atomic mass is 16.7. The number of fused-ring (bicyclic) bond motifs is 1. The molecule has 0 radical (unpaired) electrons. The van der Waals surface area contributed by atoms with Crippen molar-refractivity contribution in [3.8, 4) is 11.5 Å². The van der Waals surface area contributed by atoms with Gasteiger partial charge in [0.2, 0.25) is 6.79 Å². The van der Waals surface area contributed by atoms with Crippen LogP contribution >= 0.6 is 0 Å². The molecule has 0 bridgehead atoms. The highest BCUT2D eigenvalue weighted by Crippen LogP contribution is 2.39. The van der Waals surface area contributed by atoms with Crippen molar-refractivity contribution >= 4 is 17.8 Å². The number of rotatable bonds is 3. The lowest BCUT2D eigenvalue weighted by molar-refractivity contribution is -0.143. The normalized spacial score (nSPS) is 21.1. The molecule has 9 heteroatoms. The van der Waals surface area contributed by atoms with Gasteiger partial charge in [0.15, 0.2) is 17.5 Å². The second-order valence-corrected chi connectivity index (χ2v) is 8.01. The number of likely N-dealkylation sites (tertiary alicyclic amines) is 1. The maximum Gasteiger partial charge on any atom is 0.328 e. The van der Waals surface area contributed by atoms with Gasteiger partial charge in [0, 0.05) is 37.1 Å². The second kappa shape index (κ2) is 7.83. The summed E-state index contributed by atoms with van der Waals surface area (Å²) in [6.45, 7) is 0.715. The largest absolute Gasteiger partial charge is 0.480 e. The van der Waals surface area contributed by atoms with Crippen LogP contribution in [0.15, 0.2) is 48.5 Å². The molecule has 2 amide bonds. The Morgan fingerprint density at radius 2 is 1.62 bits per heavy atom. The first-order valence-corrected chi connectivity index (χ1v) is 10.4. The number of aliphatic carboxylic acids is 1. The first-order chi connectivity index (χ1) is 15.5. The molecule has 0 saturated carbocycles. The summed E-state index contributed by atoms with van der Waals surface area (Å²) in [5, 5.41) is 9.70. The molecule has 1 N–H and O–H groups in total. The lowest BCUT2D eigenvalue weighted by Crippen LogP contribution is -2.58. The fourth-order valence-corrected chi connectivity index (χ4v) is 4.55. The van der Waals surface area contributed by atoms with Crippen molar-refractivity contribution < 1.29 is 33.7 Å². The first kappa shape index (κ1) is 20.3. The van der Waals surface area contributed by atoms with Gasteiger partial charge in [-0.3, -0.25) is 14.5 Å². The molecule has 1 unspecified atom stereocenters. The molecule has 3 heterocycles. The molecule has 3 aliphatic rings. The van der Waals surface area contributed by atoms with Gasteiger partial charge in [-0.05, 0) is 30.3 Å². The van der Waals surface area contributed by atoms with Gasteiger partial charge in [-0.15, -0.1) is 0 Å². The summed E-state index contributed by atoms with van der Waals surface area (Å²) in [6, 6.07) is 12.6. The fraction of sp³-hybridized carbons (Fsp3) is 0.348. The molecule has 0 aliphatic carbocycles.